The lowest BCUT2D eigenvalue weighted by Gasteiger charge is -2.30. The van der Waals surface area contributed by atoms with E-state index in [0.29, 0.717) is 6.08 Å². The van der Waals surface area contributed by atoms with Crippen LogP contribution in [0.2, 0.25) is 0 Å². The predicted molar refractivity (Wildman–Crippen MR) is 53.8 cm³/mol. The second-order valence-corrected chi connectivity index (χ2v) is 3.84. The molecule has 110 valence electrons. The Morgan fingerprint density at radius 3 is 1.95 bits per heavy atom. The molecule has 0 spiro atoms. The van der Waals surface area contributed by atoms with Gasteiger partial charge in [0.15, 0.2) is 23.3 Å². The van der Waals surface area contributed by atoms with Crippen LogP contribution in [0.3, 0.4) is 0 Å². The van der Waals surface area contributed by atoms with E-state index in [2.05, 4.69) is 0 Å². The first kappa shape index (κ1) is 14.6. The first-order chi connectivity index (χ1) is 9.14. The summed E-state index contributed by atoms with van der Waals surface area (Å²) >= 11 is 0. The van der Waals surface area contributed by atoms with Gasteiger partial charge in [-0.3, -0.25) is 0 Å². The molecule has 2 N–H and O–H groups in total. The van der Waals surface area contributed by atoms with E-state index in [9.17, 15) is 30.7 Å². The molecule has 0 atom stereocenters. The molecule has 0 radical (unpaired) electrons. The summed E-state index contributed by atoms with van der Waals surface area (Å²) in [5, 5.41) is 0.125. The zero-order valence-corrected chi connectivity index (χ0v) is 9.48. The number of halogens is 7. The van der Waals surface area contributed by atoms with Crippen LogP contribution in [0.5, 0.6) is 0 Å². The number of benzene rings is 1. The third kappa shape index (κ3) is 2.20. The average Bonchev–Trinajstić information content (AvgIpc) is 2.69. The second kappa shape index (κ2) is 4.63. The molecule has 0 saturated carbocycles. The number of hydrazine groups is 2. The Balaban J connectivity index is 2.64. The number of nitrogens with two attached hydrogens (primary N) is 1. The van der Waals surface area contributed by atoms with Gasteiger partial charge in [0.05, 0.1) is 6.54 Å². The molecular formula is C10H6F7N3. The van der Waals surface area contributed by atoms with Crippen molar-refractivity contribution in [3.05, 3.63) is 41.1 Å². The summed E-state index contributed by atoms with van der Waals surface area (Å²) in [4.78, 5) is 0. The van der Waals surface area contributed by atoms with Crippen molar-refractivity contribution in [2.24, 2.45) is 5.84 Å². The third-order valence-corrected chi connectivity index (χ3v) is 2.55. The minimum atomic E-state index is -5.00. The standard InChI is InChI=1S/C10H6F7N3/c11-4-3-5(12)8(14)9(7(4)13)20-6(10(15,16)17)1-2-19(20)18/h1,3H,2,18H2. The van der Waals surface area contributed by atoms with Crippen molar-refractivity contribution in [1.82, 2.24) is 5.12 Å². The largest absolute Gasteiger partial charge is 0.432 e. The van der Waals surface area contributed by atoms with Crippen LogP contribution in [0.4, 0.5) is 36.4 Å². The van der Waals surface area contributed by atoms with Gasteiger partial charge >= 0.3 is 6.18 Å². The van der Waals surface area contributed by atoms with Crippen LogP contribution in [0.15, 0.2) is 17.8 Å². The zero-order chi connectivity index (χ0) is 15.2. The number of anilines is 1. The highest BCUT2D eigenvalue weighted by Crippen LogP contribution is 2.38. The number of alkyl halides is 3. The van der Waals surface area contributed by atoms with Crippen molar-refractivity contribution in [2.75, 3.05) is 11.6 Å². The van der Waals surface area contributed by atoms with Crippen LogP contribution in [0.1, 0.15) is 0 Å². The molecule has 3 nitrogen and oxygen atoms in total. The fraction of sp³-hybridized carbons (Fsp3) is 0.200. The number of hydrogen-bond acceptors (Lipinski definition) is 3. The summed E-state index contributed by atoms with van der Waals surface area (Å²) in [5.74, 6) is -2.45. The van der Waals surface area contributed by atoms with Crippen molar-refractivity contribution < 1.29 is 30.7 Å². The number of allylic oxidation sites excluding steroid dienone is 1. The van der Waals surface area contributed by atoms with E-state index in [-0.39, 0.29) is 16.2 Å². The molecular weight excluding hydrogens is 295 g/mol. The summed E-state index contributed by atoms with van der Waals surface area (Å²) in [7, 11) is 0. The van der Waals surface area contributed by atoms with Gasteiger partial charge in [-0.1, -0.05) is 0 Å². The molecule has 20 heavy (non-hydrogen) atoms. The van der Waals surface area contributed by atoms with Crippen LogP contribution in [0.25, 0.3) is 0 Å². The lowest BCUT2D eigenvalue weighted by molar-refractivity contribution is -0.0954. The lowest BCUT2D eigenvalue weighted by Crippen LogP contribution is -2.46. The van der Waals surface area contributed by atoms with Crippen molar-refractivity contribution in [1.29, 1.82) is 0 Å². The van der Waals surface area contributed by atoms with Gasteiger partial charge in [-0.15, -0.1) is 0 Å². The molecule has 1 aliphatic rings. The first-order valence-electron chi connectivity index (χ1n) is 5.07. The second-order valence-electron chi connectivity index (χ2n) is 3.84. The highest BCUT2D eigenvalue weighted by Gasteiger charge is 2.45. The number of rotatable bonds is 1. The molecule has 0 amide bonds. The quantitative estimate of drug-likeness (QED) is 0.492. The first-order valence-corrected chi connectivity index (χ1v) is 5.07. The smallest absolute Gasteiger partial charge is 0.250 e. The van der Waals surface area contributed by atoms with E-state index in [1.807, 2.05) is 0 Å². The fourth-order valence-electron chi connectivity index (χ4n) is 1.72. The molecule has 0 aliphatic carbocycles. The predicted octanol–water partition coefficient (Wildman–Crippen LogP) is 2.60. The van der Waals surface area contributed by atoms with E-state index >= 15 is 0 Å². The number of hydrogen-bond donors (Lipinski definition) is 1. The topological polar surface area (TPSA) is 32.5 Å². The molecule has 10 heteroatoms. The molecule has 0 fully saturated rings. The average molecular weight is 301 g/mol. The van der Waals surface area contributed by atoms with Crippen LogP contribution >= 0.6 is 0 Å². The minimum absolute atomic E-state index is 0.109. The van der Waals surface area contributed by atoms with E-state index in [0.717, 1.165) is 0 Å². The summed E-state index contributed by atoms with van der Waals surface area (Å²) in [6, 6.07) is -0.109. The van der Waals surface area contributed by atoms with Crippen molar-refractivity contribution in [2.45, 2.75) is 6.18 Å². The SMILES string of the molecule is NN1CC=C(C(F)(F)F)N1c1c(F)c(F)cc(F)c1F. The maximum atomic E-state index is 13.5. The Bertz CT molecular complexity index is 555. The van der Waals surface area contributed by atoms with Crippen LogP contribution in [-0.4, -0.2) is 17.8 Å². The molecule has 0 aromatic heterocycles. The highest BCUT2D eigenvalue weighted by atomic mass is 19.4. The van der Waals surface area contributed by atoms with Crippen molar-refractivity contribution in [3.8, 4) is 0 Å². The minimum Gasteiger partial charge on any atom is -0.250 e. The Hall–Kier alpha value is -1.81. The van der Waals surface area contributed by atoms with Gasteiger partial charge in [0.25, 0.3) is 0 Å². The van der Waals surface area contributed by atoms with Gasteiger partial charge < -0.3 is 0 Å². The maximum absolute atomic E-state index is 13.5. The molecule has 1 heterocycles. The van der Waals surface area contributed by atoms with Crippen LogP contribution in [0, 0.1) is 23.3 Å². The van der Waals surface area contributed by atoms with Gasteiger partial charge in [0.1, 0.15) is 11.4 Å². The third-order valence-electron chi connectivity index (χ3n) is 2.55. The van der Waals surface area contributed by atoms with E-state index in [4.69, 9.17) is 5.84 Å². The molecule has 0 bridgehead atoms. The Morgan fingerprint density at radius 2 is 1.50 bits per heavy atom. The van der Waals surface area contributed by atoms with Crippen molar-refractivity contribution in [3.63, 3.8) is 0 Å². The normalized spacial score (nSPS) is 16.8. The van der Waals surface area contributed by atoms with Gasteiger partial charge in [-0.25, -0.2) is 28.4 Å². The van der Waals surface area contributed by atoms with E-state index in [1.54, 1.807) is 0 Å². The monoisotopic (exact) mass is 301 g/mol. The molecule has 0 unspecified atom stereocenters. The zero-order valence-electron chi connectivity index (χ0n) is 9.48. The molecule has 1 aromatic rings. The molecule has 0 saturated heterocycles. The lowest BCUT2D eigenvalue weighted by atomic mass is 10.2. The summed E-state index contributed by atoms with van der Waals surface area (Å²) in [6.45, 7) is -0.536. The fourth-order valence-corrected chi connectivity index (χ4v) is 1.72. The number of nitrogens with zero attached hydrogens (tertiary/aromatic N) is 2. The van der Waals surface area contributed by atoms with E-state index in [1.165, 1.54) is 0 Å². The summed E-state index contributed by atoms with van der Waals surface area (Å²) in [5.41, 5.74) is -3.10. The van der Waals surface area contributed by atoms with Gasteiger partial charge in [-0.05, 0) is 6.08 Å². The highest BCUT2D eigenvalue weighted by molar-refractivity contribution is 5.56. The molecule has 1 aliphatic heterocycles. The van der Waals surface area contributed by atoms with Gasteiger partial charge in [0, 0.05) is 6.07 Å². The van der Waals surface area contributed by atoms with Crippen molar-refractivity contribution >= 4 is 5.69 Å². The Kier molecular flexibility index (Phi) is 3.38. The molecule has 2 rings (SSSR count). The van der Waals surface area contributed by atoms with E-state index < -0.39 is 47.4 Å². The summed E-state index contributed by atoms with van der Waals surface area (Å²) < 4.78 is 91.3. The van der Waals surface area contributed by atoms with Gasteiger partial charge in [0.2, 0.25) is 0 Å². The van der Waals surface area contributed by atoms with Gasteiger partial charge in [-0.2, -0.15) is 18.3 Å². The Labute approximate surface area is 107 Å². The maximum Gasteiger partial charge on any atom is 0.432 e. The van der Waals surface area contributed by atoms with Crippen LogP contribution < -0.4 is 10.9 Å². The summed E-state index contributed by atoms with van der Waals surface area (Å²) in [6.07, 6.45) is -4.47. The molecule has 1 aromatic carbocycles. The van der Waals surface area contributed by atoms with Crippen LogP contribution in [-0.2, 0) is 0 Å². The Morgan fingerprint density at radius 1 is 1.00 bits per heavy atom.